The molecule has 0 bridgehead atoms. The van der Waals surface area contributed by atoms with Crippen LogP contribution in [0, 0.1) is 5.92 Å². The molecule has 1 aliphatic rings. The lowest BCUT2D eigenvalue weighted by atomic mass is 9.98. The number of benzene rings is 2. The van der Waals surface area contributed by atoms with Gasteiger partial charge in [0.2, 0.25) is 6.10 Å². The van der Waals surface area contributed by atoms with Gasteiger partial charge in [-0.15, -0.1) is 0 Å². The predicted molar refractivity (Wildman–Crippen MR) is 124 cm³/mol. The Hall–Kier alpha value is -3.43. The molecule has 1 aliphatic carbocycles. The first kappa shape index (κ1) is 25.2. The average Bonchev–Trinajstić information content (AvgIpc) is 3.16. The van der Waals surface area contributed by atoms with Gasteiger partial charge in [-0.05, 0) is 28.2 Å². The van der Waals surface area contributed by atoms with Crippen LogP contribution in [-0.4, -0.2) is 55.5 Å². The maximum absolute atomic E-state index is 12.7. The number of carboxylic acids is 1. The van der Waals surface area contributed by atoms with Gasteiger partial charge in [-0.2, -0.15) is 0 Å². The van der Waals surface area contributed by atoms with Gasteiger partial charge in [0.1, 0.15) is 12.6 Å². The molecule has 2 aromatic rings. The number of amides is 2. The van der Waals surface area contributed by atoms with Gasteiger partial charge in [0.05, 0.1) is 6.61 Å². The summed E-state index contributed by atoms with van der Waals surface area (Å²) in [5, 5.41) is 11.7. The van der Waals surface area contributed by atoms with Crippen LogP contribution in [0.3, 0.4) is 0 Å². The van der Waals surface area contributed by atoms with Crippen molar-refractivity contribution in [1.29, 1.82) is 0 Å². The highest BCUT2D eigenvalue weighted by atomic mass is 16.7. The summed E-state index contributed by atoms with van der Waals surface area (Å²) in [7, 11) is 1.32. The van der Waals surface area contributed by atoms with Crippen LogP contribution >= 0.6 is 0 Å². The Balaban J connectivity index is 1.63. The van der Waals surface area contributed by atoms with Crippen LogP contribution in [-0.2, 0) is 23.9 Å². The predicted octanol–water partition coefficient (Wildman–Crippen LogP) is 3.09. The lowest BCUT2D eigenvalue weighted by molar-refractivity contribution is -0.165. The molecule has 0 spiro atoms. The molecule has 0 radical (unpaired) electrons. The fraction of sp³-hybridized carbons (Fsp3) is 0.400. The summed E-state index contributed by atoms with van der Waals surface area (Å²) in [4.78, 5) is 41.4. The highest BCUT2D eigenvalue weighted by molar-refractivity contribution is 5.85. The minimum Gasteiger partial charge on any atom is -0.479 e. The smallest absolute Gasteiger partial charge is 0.407 e. The molecule has 0 saturated heterocycles. The van der Waals surface area contributed by atoms with Crippen molar-refractivity contribution in [1.82, 2.24) is 10.8 Å². The largest absolute Gasteiger partial charge is 0.479 e. The summed E-state index contributed by atoms with van der Waals surface area (Å²) in [5.74, 6) is -2.32. The molecule has 182 valence electrons. The third-order valence-electron chi connectivity index (χ3n) is 6.01. The molecule has 0 saturated carbocycles. The van der Waals surface area contributed by atoms with Crippen molar-refractivity contribution >= 4 is 18.0 Å². The number of methoxy groups -OCH3 is 1. The second kappa shape index (κ2) is 11.6. The number of fused-ring (bicyclic) bond motifs is 3. The maximum Gasteiger partial charge on any atom is 0.407 e. The van der Waals surface area contributed by atoms with E-state index in [9.17, 15) is 14.4 Å². The van der Waals surface area contributed by atoms with Crippen LogP contribution < -0.4 is 10.8 Å². The Labute approximate surface area is 198 Å². The van der Waals surface area contributed by atoms with Crippen LogP contribution in [0.25, 0.3) is 11.1 Å². The first-order chi connectivity index (χ1) is 16.4. The van der Waals surface area contributed by atoms with Crippen molar-refractivity contribution in [3.8, 4) is 11.1 Å². The van der Waals surface area contributed by atoms with Crippen molar-refractivity contribution in [2.75, 3.05) is 20.3 Å². The normalized spacial score (nSPS) is 14.9. The van der Waals surface area contributed by atoms with Crippen molar-refractivity contribution in [2.45, 2.75) is 38.3 Å². The van der Waals surface area contributed by atoms with E-state index in [2.05, 4.69) is 10.8 Å². The van der Waals surface area contributed by atoms with E-state index in [1.807, 2.05) is 55.5 Å². The van der Waals surface area contributed by atoms with Gasteiger partial charge in [-0.1, -0.05) is 68.8 Å². The Kier molecular flexibility index (Phi) is 8.61. The van der Waals surface area contributed by atoms with Crippen LogP contribution in [0.5, 0.6) is 0 Å². The van der Waals surface area contributed by atoms with Crippen molar-refractivity contribution in [2.24, 2.45) is 5.92 Å². The average molecular weight is 471 g/mol. The number of aliphatic carboxylic acids is 1. The molecule has 0 heterocycles. The Morgan fingerprint density at radius 2 is 1.62 bits per heavy atom. The minimum absolute atomic E-state index is 0.109. The van der Waals surface area contributed by atoms with Crippen LogP contribution in [0.4, 0.5) is 4.79 Å². The number of hydrogen-bond donors (Lipinski definition) is 3. The SMILES string of the molecule is CCC(C)[C@H](NC(=O)OCC1c2ccccc2-c2ccccc21)C(=O)NOC(COC)C(=O)O. The molecule has 3 atom stereocenters. The van der Waals surface area contributed by atoms with E-state index >= 15 is 0 Å². The number of hydrogen-bond acceptors (Lipinski definition) is 6. The van der Waals surface area contributed by atoms with Gasteiger partial charge in [-0.3, -0.25) is 9.63 Å². The lowest BCUT2D eigenvalue weighted by Gasteiger charge is -2.24. The first-order valence-electron chi connectivity index (χ1n) is 11.2. The summed E-state index contributed by atoms with van der Waals surface area (Å²) in [5.41, 5.74) is 6.52. The van der Waals surface area contributed by atoms with Crippen molar-refractivity contribution in [3.05, 3.63) is 59.7 Å². The molecule has 34 heavy (non-hydrogen) atoms. The molecule has 9 nitrogen and oxygen atoms in total. The monoisotopic (exact) mass is 470 g/mol. The Morgan fingerprint density at radius 3 is 2.15 bits per heavy atom. The fourth-order valence-corrected chi connectivity index (χ4v) is 3.97. The summed E-state index contributed by atoms with van der Waals surface area (Å²) < 4.78 is 10.3. The van der Waals surface area contributed by atoms with E-state index in [0.717, 1.165) is 22.3 Å². The van der Waals surface area contributed by atoms with Crippen molar-refractivity contribution < 1.29 is 33.8 Å². The zero-order chi connectivity index (χ0) is 24.7. The zero-order valence-electron chi connectivity index (χ0n) is 19.4. The number of carbonyl (C=O) groups is 3. The number of carboxylic acid groups (broad SMARTS) is 1. The number of carbonyl (C=O) groups excluding carboxylic acids is 2. The van der Waals surface area contributed by atoms with E-state index < -0.39 is 30.1 Å². The standard InChI is InChI=1S/C25H30N2O7/c1-4-15(2)22(23(28)27-34-21(14-32-3)24(29)30)26-25(31)33-13-20-18-11-7-5-9-16(18)17-10-6-8-12-19(17)20/h5-12,15,20-22H,4,13-14H2,1-3H3,(H,26,31)(H,27,28)(H,29,30)/t15?,21?,22-/m0/s1. The minimum atomic E-state index is -1.37. The van der Waals surface area contributed by atoms with Gasteiger partial charge < -0.3 is 19.9 Å². The summed E-state index contributed by atoms with van der Waals surface area (Å²) in [6.45, 7) is 3.53. The molecule has 9 heteroatoms. The summed E-state index contributed by atoms with van der Waals surface area (Å²) in [6.07, 6.45) is -1.53. The van der Waals surface area contributed by atoms with Gasteiger partial charge >= 0.3 is 12.1 Å². The Bertz CT molecular complexity index is 980. The number of alkyl carbamates (subject to hydrolysis) is 1. The molecule has 2 aromatic carbocycles. The second-order valence-electron chi connectivity index (χ2n) is 8.20. The highest BCUT2D eigenvalue weighted by Crippen LogP contribution is 2.44. The van der Waals surface area contributed by atoms with Crippen LogP contribution in [0.2, 0.25) is 0 Å². The van der Waals surface area contributed by atoms with E-state index in [0.29, 0.717) is 6.42 Å². The number of ether oxygens (including phenoxy) is 2. The van der Waals surface area contributed by atoms with E-state index in [4.69, 9.17) is 19.4 Å². The maximum atomic E-state index is 12.7. The molecule has 3 N–H and O–H groups in total. The molecule has 0 aliphatic heterocycles. The third kappa shape index (κ3) is 5.73. The molecular weight excluding hydrogens is 440 g/mol. The van der Waals surface area contributed by atoms with E-state index in [1.165, 1.54) is 7.11 Å². The topological polar surface area (TPSA) is 123 Å². The Morgan fingerprint density at radius 1 is 1.03 bits per heavy atom. The number of rotatable bonds is 11. The molecule has 0 aromatic heterocycles. The van der Waals surface area contributed by atoms with Crippen LogP contribution in [0.1, 0.15) is 37.3 Å². The van der Waals surface area contributed by atoms with E-state index in [1.54, 1.807) is 6.92 Å². The fourth-order valence-electron chi connectivity index (χ4n) is 3.97. The number of nitrogens with one attached hydrogen (secondary N) is 2. The molecular formula is C25H30N2O7. The summed E-state index contributed by atoms with van der Waals surface area (Å²) in [6, 6.07) is 15.0. The van der Waals surface area contributed by atoms with Crippen molar-refractivity contribution in [3.63, 3.8) is 0 Å². The second-order valence-corrected chi connectivity index (χ2v) is 8.20. The molecule has 2 unspecified atom stereocenters. The van der Waals surface area contributed by atoms with Gasteiger partial charge in [-0.25, -0.2) is 15.1 Å². The molecule has 2 amide bonds. The van der Waals surface area contributed by atoms with Crippen LogP contribution in [0.15, 0.2) is 48.5 Å². The van der Waals surface area contributed by atoms with Gasteiger partial charge in [0.15, 0.2) is 0 Å². The molecule has 0 fully saturated rings. The highest BCUT2D eigenvalue weighted by Gasteiger charge is 2.31. The first-order valence-corrected chi connectivity index (χ1v) is 11.2. The molecule has 3 rings (SSSR count). The number of hydroxylamine groups is 1. The lowest BCUT2D eigenvalue weighted by Crippen LogP contribution is -2.51. The zero-order valence-corrected chi connectivity index (χ0v) is 19.4. The third-order valence-corrected chi connectivity index (χ3v) is 6.01. The van der Waals surface area contributed by atoms with E-state index in [-0.39, 0.29) is 25.0 Å². The van der Waals surface area contributed by atoms with Gasteiger partial charge in [0, 0.05) is 13.0 Å². The summed E-state index contributed by atoms with van der Waals surface area (Å²) >= 11 is 0. The van der Waals surface area contributed by atoms with Gasteiger partial charge in [0.25, 0.3) is 5.91 Å². The quantitative estimate of drug-likeness (QED) is 0.431.